The zero-order valence-electron chi connectivity index (χ0n) is 21.0. The lowest BCUT2D eigenvalue weighted by Crippen LogP contribution is -2.54. The van der Waals surface area contributed by atoms with Crippen molar-refractivity contribution < 1.29 is 52.5 Å². The summed E-state index contributed by atoms with van der Waals surface area (Å²) >= 11 is 2.53. The Kier molecular flexibility index (Phi) is 12.7. The number of ether oxygens (including phenoxy) is 5. The van der Waals surface area contributed by atoms with Crippen LogP contribution in [0.1, 0.15) is 48.0 Å². The quantitative estimate of drug-likeness (QED) is 0.267. The molecule has 1 rings (SSSR count). The molecule has 5 atom stereocenters. The first-order valence-electron chi connectivity index (χ1n) is 10.7. The van der Waals surface area contributed by atoms with Crippen molar-refractivity contribution >= 4 is 63.7 Å². The van der Waals surface area contributed by atoms with Gasteiger partial charge in [-0.2, -0.15) is 5.10 Å². The maximum absolute atomic E-state index is 12.2. The van der Waals surface area contributed by atoms with Gasteiger partial charge in [0.05, 0.1) is 0 Å². The lowest BCUT2D eigenvalue weighted by Gasteiger charge is -2.36. The van der Waals surface area contributed by atoms with E-state index in [2.05, 4.69) is 5.10 Å². The number of carbonyl (C=O) groups is 6. The molecule has 0 bridgehead atoms. The largest absolute Gasteiger partial charge is 0.462 e. The highest BCUT2D eigenvalue weighted by Crippen LogP contribution is 2.35. The van der Waals surface area contributed by atoms with Gasteiger partial charge < -0.3 is 23.7 Å². The number of esters is 5. The van der Waals surface area contributed by atoms with Crippen LogP contribution >= 0.6 is 23.5 Å². The van der Waals surface area contributed by atoms with Crippen LogP contribution in [0.5, 0.6) is 0 Å². The van der Waals surface area contributed by atoms with E-state index in [1.165, 1.54) is 35.5 Å². The van der Waals surface area contributed by atoms with E-state index in [9.17, 15) is 28.8 Å². The molecule has 1 heterocycles. The summed E-state index contributed by atoms with van der Waals surface area (Å²) in [6.45, 7) is 6.23. The van der Waals surface area contributed by atoms with Gasteiger partial charge in [0, 0.05) is 48.0 Å². The molecule has 1 aliphatic heterocycles. The molecule has 0 radical (unpaired) electrons. The molecular formula is C21H30N2O11S2. The van der Waals surface area contributed by atoms with Crippen LogP contribution in [0.15, 0.2) is 5.10 Å². The van der Waals surface area contributed by atoms with Crippen LogP contribution in [-0.4, -0.2) is 87.8 Å². The van der Waals surface area contributed by atoms with Crippen molar-refractivity contribution in [3.8, 4) is 0 Å². The fraction of sp³-hybridized carbons (Fsp3) is 0.667. The number of nitrogens with zero attached hydrogens (tertiary/aromatic N) is 2. The van der Waals surface area contributed by atoms with Crippen molar-refractivity contribution in [2.45, 2.75) is 77.8 Å². The minimum atomic E-state index is -1.54. The molecule has 1 aliphatic rings. The van der Waals surface area contributed by atoms with Crippen molar-refractivity contribution in [1.82, 2.24) is 5.01 Å². The molecule has 36 heavy (non-hydrogen) atoms. The SMILES string of the molecule is CSC1=NN(C(C)=O)C(C[C@H](OC(C)=O)[C@@H](OC(C)=O)[C@@H](OC(C)=O)[C@@H](COC(C)=O)OC(C)=O)S1. The van der Waals surface area contributed by atoms with Gasteiger partial charge in [0.25, 0.3) is 0 Å². The smallest absolute Gasteiger partial charge is 0.303 e. The summed E-state index contributed by atoms with van der Waals surface area (Å²) in [6.07, 6.45) is -4.10. The summed E-state index contributed by atoms with van der Waals surface area (Å²) in [7, 11) is 0. The Hall–Kier alpha value is -2.81. The van der Waals surface area contributed by atoms with Crippen LogP contribution in [0.3, 0.4) is 0 Å². The van der Waals surface area contributed by atoms with E-state index in [0.29, 0.717) is 4.38 Å². The van der Waals surface area contributed by atoms with Crippen LogP contribution in [0.25, 0.3) is 0 Å². The fourth-order valence-corrected chi connectivity index (χ4v) is 5.05. The zero-order chi connectivity index (χ0) is 27.6. The van der Waals surface area contributed by atoms with Crippen LogP contribution < -0.4 is 0 Å². The Bertz CT molecular complexity index is 895. The lowest BCUT2D eigenvalue weighted by molar-refractivity contribution is -0.203. The van der Waals surface area contributed by atoms with Gasteiger partial charge in [-0.05, 0) is 6.26 Å². The van der Waals surface area contributed by atoms with E-state index in [-0.39, 0.29) is 12.3 Å². The molecule has 0 N–H and O–H groups in total. The normalized spacial score (nSPS) is 18.1. The molecule has 13 nitrogen and oxygen atoms in total. The average Bonchev–Trinajstić information content (AvgIpc) is 3.15. The van der Waals surface area contributed by atoms with Crippen LogP contribution in [0.4, 0.5) is 0 Å². The highest BCUT2D eigenvalue weighted by atomic mass is 32.2. The van der Waals surface area contributed by atoms with Crippen molar-refractivity contribution in [3.63, 3.8) is 0 Å². The highest BCUT2D eigenvalue weighted by Gasteiger charge is 2.46. The third-order valence-corrected chi connectivity index (χ3v) is 6.54. The molecule has 0 aromatic rings. The first-order chi connectivity index (χ1) is 16.7. The standard InChI is InChI=1S/C21H30N2O11S2/c1-10(24)23-18(36-21(22-23)35-7)8-16(31-12(3)26)19(33-14(5)28)20(34-15(6)29)17(32-13(4)27)9-30-11(2)25/h16-20H,8-9H2,1-7H3/t16-,17+,18?,19+,20-/m0/s1. The monoisotopic (exact) mass is 550 g/mol. The summed E-state index contributed by atoms with van der Waals surface area (Å²) in [6, 6.07) is 0. The molecular weight excluding hydrogens is 520 g/mol. The van der Waals surface area contributed by atoms with Crippen LogP contribution in [-0.2, 0) is 52.5 Å². The molecule has 0 fully saturated rings. The molecule has 0 aliphatic carbocycles. The minimum Gasteiger partial charge on any atom is -0.462 e. The third kappa shape index (κ3) is 10.4. The number of hydrazone groups is 1. The van der Waals surface area contributed by atoms with Gasteiger partial charge in [-0.25, -0.2) is 5.01 Å². The van der Waals surface area contributed by atoms with E-state index in [0.717, 1.165) is 34.6 Å². The molecule has 15 heteroatoms. The number of amides is 1. The maximum Gasteiger partial charge on any atom is 0.303 e. The molecule has 0 spiro atoms. The number of hydrogen-bond acceptors (Lipinski definition) is 14. The molecule has 0 aromatic heterocycles. The summed E-state index contributed by atoms with van der Waals surface area (Å²) in [4.78, 5) is 71.4. The van der Waals surface area contributed by atoms with Gasteiger partial charge in [-0.15, -0.1) is 11.8 Å². The Morgan fingerprint density at radius 3 is 1.69 bits per heavy atom. The molecule has 0 saturated heterocycles. The summed E-state index contributed by atoms with van der Waals surface area (Å²) in [5.74, 6) is -4.32. The van der Waals surface area contributed by atoms with E-state index < -0.39 is 66.2 Å². The van der Waals surface area contributed by atoms with Crippen molar-refractivity contribution in [2.24, 2.45) is 5.10 Å². The molecule has 1 unspecified atom stereocenters. The van der Waals surface area contributed by atoms with E-state index in [1.807, 2.05) is 0 Å². The van der Waals surface area contributed by atoms with Gasteiger partial charge in [0.1, 0.15) is 18.1 Å². The molecule has 1 amide bonds. The number of hydrogen-bond donors (Lipinski definition) is 0. The first-order valence-corrected chi connectivity index (χ1v) is 12.8. The zero-order valence-corrected chi connectivity index (χ0v) is 22.6. The van der Waals surface area contributed by atoms with Gasteiger partial charge in [-0.3, -0.25) is 28.8 Å². The summed E-state index contributed by atoms with van der Waals surface area (Å²) in [5.41, 5.74) is 0. The van der Waals surface area contributed by atoms with Crippen molar-refractivity contribution in [3.05, 3.63) is 0 Å². The second kappa shape index (κ2) is 14.7. The van der Waals surface area contributed by atoms with Gasteiger partial charge in [0.15, 0.2) is 22.7 Å². The Morgan fingerprint density at radius 1 is 0.806 bits per heavy atom. The fourth-order valence-electron chi connectivity index (χ4n) is 3.21. The minimum absolute atomic E-state index is 0.104. The van der Waals surface area contributed by atoms with E-state index >= 15 is 0 Å². The van der Waals surface area contributed by atoms with Crippen LogP contribution in [0, 0.1) is 0 Å². The van der Waals surface area contributed by atoms with Crippen LogP contribution in [0.2, 0.25) is 0 Å². The maximum atomic E-state index is 12.2. The predicted octanol–water partition coefficient (Wildman–Crippen LogP) is 1.22. The third-order valence-electron chi connectivity index (χ3n) is 4.38. The second-order valence-corrected chi connectivity index (χ2v) is 9.71. The van der Waals surface area contributed by atoms with Crippen molar-refractivity contribution in [2.75, 3.05) is 12.9 Å². The first kappa shape index (κ1) is 31.2. The Balaban J connectivity index is 3.51. The van der Waals surface area contributed by atoms with E-state index in [1.54, 1.807) is 6.26 Å². The lowest BCUT2D eigenvalue weighted by atomic mass is 9.99. The summed E-state index contributed by atoms with van der Waals surface area (Å²) < 4.78 is 27.0. The van der Waals surface area contributed by atoms with Gasteiger partial charge >= 0.3 is 29.8 Å². The predicted molar refractivity (Wildman–Crippen MR) is 128 cm³/mol. The Labute approximate surface area is 216 Å². The molecule has 202 valence electrons. The van der Waals surface area contributed by atoms with E-state index in [4.69, 9.17) is 23.7 Å². The van der Waals surface area contributed by atoms with Gasteiger partial charge in [-0.1, -0.05) is 11.8 Å². The molecule has 0 aromatic carbocycles. The number of rotatable bonds is 11. The topological polar surface area (TPSA) is 164 Å². The number of carbonyl (C=O) groups excluding carboxylic acids is 6. The summed E-state index contributed by atoms with van der Waals surface area (Å²) in [5, 5.41) is 4.76. The van der Waals surface area contributed by atoms with Gasteiger partial charge in [0.2, 0.25) is 5.91 Å². The van der Waals surface area contributed by atoms with Crippen molar-refractivity contribution in [1.29, 1.82) is 0 Å². The average molecular weight is 551 g/mol. The highest BCUT2D eigenvalue weighted by molar-refractivity contribution is 8.39. The number of thioether (sulfide) groups is 2. The second-order valence-electron chi connectivity index (χ2n) is 7.49. The Morgan fingerprint density at radius 2 is 1.28 bits per heavy atom. The molecule has 0 saturated carbocycles.